The summed E-state index contributed by atoms with van der Waals surface area (Å²) in [4.78, 5) is 24.5. The first kappa shape index (κ1) is 63.6. The number of ether oxygens (including phenoxy) is 1. The van der Waals surface area contributed by atoms with Gasteiger partial charge in [0.2, 0.25) is 5.91 Å². The topological polar surface area (TPSA) is 95.9 Å². The maximum atomic E-state index is 12.5. The second-order valence-corrected chi connectivity index (χ2v) is 20.3. The first-order valence-corrected chi connectivity index (χ1v) is 29.5. The maximum absolute atomic E-state index is 12.5. The zero-order valence-electron chi connectivity index (χ0n) is 44.0. The largest absolute Gasteiger partial charge is 0.466 e. The van der Waals surface area contributed by atoms with Crippen molar-refractivity contribution in [1.29, 1.82) is 0 Å². The molecular formula is C59H115NO5. The molecule has 0 bridgehead atoms. The van der Waals surface area contributed by atoms with Crippen LogP contribution in [0.2, 0.25) is 0 Å². The Balaban J connectivity index is 3.44. The van der Waals surface area contributed by atoms with Gasteiger partial charge in [0.25, 0.3) is 0 Å². The molecule has 0 spiro atoms. The van der Waals surface area contributed by atoms with Crippen LogP contribution in [0.15, 0.2) is 12.2 Å². The lowest BCUT2D eigenvalue weighted by Gasteiger charge is -2.20. The summed E-state index contributed by atoms with van der Waals surface area (Å²) in [5.74, 6) is -0.0744. The summed E-state index contributed by atoms with van der Waals surface area (Å²) >= 11 is 0. The highest BCUT2D eigenvalue weighted by Gasteiger charge is 2.18. The van der Waals surface area contributed by atoms with Crippen LogP contribution in [0.3, 0.4) is 0 Å². The van der Waals surface area contributed by atoms with E-state index in [2.05, 4.69) is 19.2 Å². The summed E-state index contributed by atoms with van der Waals surface area (Å²) in [6, 6.07) is -0.635. The lowest BCUT2D eigenvalue weighted by Crippen LogP contribution is -2.45. The molecule has 0 heterocycles. The minimum Gasteiger partial charge on any atom is -0.466 e. The number of hydrogen-bond donors (Lipinski definition) is 3. The number of allylic oxidation sites excluding steroid dienone is 1. The van der Waals surface area contributed by atoms with Gasteiger partial charge in [-0.05, 0) is 32.1 Å². The van der Waals surface area contributed by atoms with Crippen LogP contribution in [0, 0.1) is 0 Å². The molecule has 0 aromatic rings. The van der Waals surface area contributed by atoms with Gasteiger partial charge in [0.05, 0.1) is 25.4 Å². The number of rotatable bonds is 55. The number of unbranched alkanes of at least 4 members (excludes halogenated alkanes) is 44. The second kappa shape index (κ2) is 55.2. The highest BCUT2D eigenvalue weighted by molar-refractivity contribution is 5.76. The Kier molecular flexibility index (Phi) is 54.0. The minimum atomic E-state index is -0.851. The van der Waals surface area contributed by atoms with Crippen LogP contribution in [0.5, 0.6) is 0 Å². The van der Waals surface area contributed by atoms with Crippen LogP contribution in [-0.2, 0) is 14.3 Å². The molecule has 2 unspecified atom stereocenters. The van der Waals surface area contributed by atoms with Crippen molar-refractivity contribution < 1.29 is 24.5 Å². The monoisotopic (exact) mass is 918 g/mol. The number of carbonyl (C=O) groups is 2. The van der Waals surface area contributed by atoms with E-state index in [4.69, 9.17) is 4.74 Å². The Morgan fingerprint density at radius 1 is 0.415 bits per heavy atom. The standard InChI is InChI=1S/C59H115NO5/c1-3-5-7-9-11-13-15-17-19-21-23-27-31-35-39-43-47-51-57(62)56(55-61)60-58(63)52-48-44-40-36-32-28-25-26-30-34-38-42-46-50-54-65-59(64)53-49-45-41-37-33-29-24-22-20-18-16-14-12-10-8-6-4-2/h47,51,56-57,61-62H,3-46,48-50,52-55H2,1-2H3,(H,60,63)/b51-47+. The first-order valence-electron chi connectivity index (χ1n) is 29.5. The third kappa shape index (κ3) is 51.8. The maximum Gasteiger partial charge on any atom is 0.305 e. The molecule has 0 aromatic carbocycles. The summed E-state index contributed by atoms with van der Waals surface area (Å²) < 4.78 is 5.49. The van der Waals surface area contributed by atoms with Gasteiger partial charge < -0.3 is 20.3 Å². The Bertz CT molecular complexity index is 970. The molecule has 386 valence electrons. The van der Waals surface area contributed by atoms with Crippen molar-refractivity contribution >= 4 is 11.9 Å². The molecule has 3 N–H and O–H groups in total. The molecule has 65 heavy (non-hydrogen) atoms. The van der Waals surface area contributed by atoms with Gasteiger partial charge in [0, 0.05) is 12.8 Å². The van der Waals surface area contributed by atoms with Crippen LogP contribution in [-0.4, -0.2) is 47.4 Å². The molecule has 0 aromatic heterocycles. The molecule has 0 aliphatic rings. The average molecular weight is 919 g/mol. The van der Waals surface area contributed by atoms with Gasteiger partial charge in [0.15, 0.2) is 0 Å². The Hall–Kier alpha value is -1.40. The molecule has 6 heteroatoms. The van der Waals surface area contributed by atoms with Crippen molar-refractivity contribution in [2.45, 2.75) is 341 Å². The number of aliphatic hydroxyl groups excluding tert-OH is 2. The Morgan fingerprint density at radius 2 is 0.708 bits per heavy atom. The third-order valence-corrected chi connectivity index (χ3v) is 13.8. The molecule has 0 rings (SSSR count). The van der Waals surface area contributed by atoms with E-state index in [9.17, 15) is 19.8 Å². The molecule has 2 atom stereocenters. The van der Waals surface area contributed by atoms with Crippen molar-refractivity contribution in [3.05, 3.63) is 12.2 Å². The van der Waals surface area contributed by atoms with Gasteiger partial charge in [0.1, 0.15) is 0 Å². The van der Waals surface area contributed by atoms with Crippen LogP contribution in [0.25, 0.3) is 0 Å². The number of esters is 1. The van der Waals surface area contributed by atoms with E-state index in [0.717, 1.165) is 57.8 Å². The van der Waals surface area contributed by atoms with Gasteiger partial charge in [-0.3, -0.25) is 9.59 Å². The predicted octanol–water partition coefficient (Wildman–Crippen LogP) is 18.1. The molecule has 0 radical (unpaired) electrons. The van der Waals surface area contributed by atoms with Gasteiger partial charge in [-0.1, -0.05) is 296 Å². The molecule has 1 amide bonds. The van der Waals surface area contributed by atoms with Crippen molar-refractivity contribution in [2.75, 3.05) is 13.2 Å². The number of nitrogens with one attached hydrogen (secondary N) is 1. The highest BCUT2D eigenvalue weighted by atomic mass is 16.5. The number of amides is 1. The first-order chi connectivity index (χ1) is 32.0. The van der Waals surface area contributed by atoms with E-state index in [1.807, 2.05) is 6.08 Å². The van der Waals surface area contributed by atoms with Gasteiger partial charge in [-0.25, -0.2) is 0 Å². The van der Waals surface area contributed by atoms with Crippen molar-refractivity contribution in [3.8, 4) is 0 Å². The van der Waals surface area contributed by atoms with Crippen molar-refractivity contribution in [1.82, 2.24) is 5.32 Å². The van der Waals surface area contributed by atoms with E-state index in [0.29, 0.717) is 19.4 Å². The molecule has 0 fully saturated rings. The SMILES string of the molecule is CCCCCCCCCCCCCCCCC/C=C/C(O)C(CO)NC(=O)CCCCCCCCCCCCCCCCOC(=O)CCCCCCCCCCCCCCCCCCC. The Labute approximate surface area is 406 Å². The quantitative estimate of drug-likeness (QED) is 0.0321. The second-order valence-electron chi connectivity index (χ2n) is 20.3. The minimum absolute atomic E-state index is 0.00119. The molecule has 6 nitrogen and oxygen atoms in total. The third-order valence-electron chi connectivity index (χ3n) is 13.8. The number of aliphatic hydroxyl groups is 2. The summed E-state index contributed by atoms with van der Waals surface area (Å²) in [7, 11) is 0. The fraction of sp³-hybridized carbons (Fsp3) is 0.932. The van der Waals surface area contributed by atoms with E-state index >= 15 is 0 Å². The summed E-state index contributed by atoms with van der Waals surface area (Å²) in [6.45, 7) is 4.91. The lowest BCUT2D eigenvalue weighted by atomic mass is 10.0. The lowest BCUT2D eigenvalue weighted by molar-refractivity contribution is -0.143. The van der Waals surface area contributed by atoms with E-state index < -0.39 is 12.1 Å². The summed E-state index contributed by atoms with van der Waals surface area (Å²) in [5.41, 5.74) is 0. The molecule has 0 saturated heterocycles. The van der Waals surface area contributed by atoms with Gasteiger partial charge in [-0.2, -0.15) is 0 Å². The molecule has 0 aliphatic carbocycles. The molecular weight excluding hydrogens is 803 g/mol. The van der Waals surface area contributed by atoms with Crippen molar-refractivity contribution in [2.24, 2.45) is 0 Å². The van der Waals surface area contributed by atoms with E-state index in [1.165, 1.54) is 244 Å². The number of carbonyl (C=O) groups excluding carboxylic acids is 2. The predicted molar refractivity (Wildman–Crippen MR) is 283 cm³/mol. The zero-order valence-corrected chi connectivity index (χ0v) is 44.0. The van der Waals surface area contributed by atoms with E-state index in [1.54, 1.807) is 6.08 Å². The van der Waals surface area contributed by atoms with Crippen LogP contribution < -0.4 is 5.32 Å². The average Bonchev–Trinajstić information content (AvgIpc) is 3.31. The fourth-order valence-electron chi connectivity index (χ4n) is 9.28. The van der Waals surface area contributed by atoms with Gasteiger partial charge in [-0.15, -0.1) is 0 Å². The van der Waals surface area contributed by atoms with Crippen LogP contribution in [0.1, 0.15) is 328 Å². The normalized spacial score (nSPS) is 12.6. The molecule has 0 saturated carbocycles. The highest BCUT2D eigenvalue weighted by Crippen LogP contribution is 2.17. The van der Waals surface area contributed by atoms with Gasteiger partial charge >= 0.3 is 5.97 Å². The number of hydrogen-bond acceptors (Lipinski definition) is 5. The van der Waals surface area contributed by atoms with Crippen molar-refractivity contribution in [3.63, 3.8) is 0 Å². The zero-order chi connectivity index (χ0) is 47.2. The molecule has 0 aliphatic heterocycles. The summed E-state index contributed by atoms with van der Waals surface area (Å²) in [6.07, 6.45) is 65.1. The summed E-state index contributed by atoms with van der Waals surface area (Å²) in [5, 5.41) is 23.1. The fourth-order valence-corrected chi connectivity index (χ4v) is 9.28. The van der Waals surface area contributed by atoms with Crippen LogP contribution in [0.4, 0.5) is 0 Å². The Morgan fingerprint density at radius 3 is 1.05 bits per heavy atom. The smallest absolute Gasteiger partial charge is 0.305 e. The van der Waals surface area contributed by atoms with Crippen LogP contribution >= 0.6 is 0 Å². The van der Waals surface area contributed by atoms with E-state index in [-0.39, 0.29) is 18.5 Å².